The first-order valence-corrected chi connectivity index (χ1v) is 5.57. The summed E-state index contributed by atoms with van der Waals surface area (Å²) in [6, 6.07) is 8.14. The number of carbonyl (C=O) groups excluding carboxylic acids is 1. The van der Waals surface area contributed by atoms with Gasteiger partial charge in [0.1, 0.15) is 12.6 Å². The fourth-order valence-electron chi connectivity index (χ4n) is 1.72. The lowest BCUT2D eigenvalue weighted by atomic mass is 10.1. The van der Waals surface area contributed by atoms with E-state index in [-0.39, 0.29) is 13.0 Å². The number of hydroxylamine groups is 2. The summed E-state index contributed by atoms with van der Waals surface area (Å²) in [5.41, 5.74) is 0.298. The number of alkyl halides is 2. The van der Waals surface area contributed by atoms with Crippen LogP contribution in [-0.4, -0.2) is 41.3 Å². The Morgan fingerprint density at radius 1 is 1.39 bits per heavy atom. The van der Waals surface area contributed by atoms with E-state index >= 15 is 0 Å². The van der Waals surface area contributed by atoms with Crippen LogP contribution in [0.4, 0.5) is 8.78 Å². The zero-order valence-corrected chi connectivity index (χ0v) is 9.55. The number of piperidine rings is 1. The maximum Gasteiger partial charge on any atom is 0.357 e. The van der Waals surface area contributed by atoms with E-state index in [0.717, 1.165) is 5.06 Å². The van der Waals surface area contributed by atoms with Crippen molar-refractivity contribution in [2.75, 3.05) is 13.1 Å². The molecule has 0 bridgehead atoms. The second-order valence-electron chi connectivity index (χ2n) is 4.17. The average molecular weight is 257 g/mol. The van der Waals surface area contributed by atoms with Crippen LogP contribution in [0.3, 0.4) is 0 Å². The Kier molecular flexibility index (Phi) is 3.58. The first-order chi connectivity index (χ1) is 8.49. The number of nitrogens with zero attached hydrogens (tertiary/aromatic N) is 1. The molecule has 1 aliphatic heterocycles. The van der Waals surface area contributed by atoms with Crippen LogP contribution < -0.4 is 0 Å². The van der Waals surface area contributed by atoms with Gasteiger partial charge in [-0.05, 0) is 18.6 Å². The number of hydrogen-bond donors (Lipinski definition) is 1. The molecule has 1 saturated heterocycles. The van der Waals surface area contributed by atoms with Crippen molar-refractivity contribution in [3.05, 3.63) is 35.9 Å². The highest BCUT2D eigenvalue weighted by Crippen LogP contribution is 2.27. The Morgan fingerprint density at radius 2 is 2.06 bits per heavy atom. The molecule has 1 aromatic carbocycles. The molecule has 1 heterocycles. The van der Waals surface area contributed by atoms with Gasteiger partial charge in [-0.1, -0.05) is 18.2 Å². The van der Waals surface area contributed by atoms with Crippen LogP contribution in [0.25, 0.3) is 0 Å². The predicted molar refractivity (Wildman–Crippen MR) is 59.0 cm³/mol. The molecule has 0 aliphatic carbocycles. The molecule has 1 fully saturated rings. The third-order valence-corrected chi connectivity index (χ3v) is 2.75. The summed E-state index contributed by atoms with van der Waals surface area (Å²) < 4.78 is 26.4. The molecular formula is C12H13F2NO3. The molecule has 2 rings (SSSR count). The highest BCUT2D eigenvalue weighted by molar-refractivity contribution is 5.89. The van der Waals surface area contributed by atoms with Gasteiger partial charge in [0.2, 0.25) is 0 Å². The molecule has 1 aromatic rings. The fourth-order valence-corrected chi connectivity index (χ4v) is 1.72. The van der Waals surface area contributed by atoms with Crippen molar-refractivity contribution >= 4 is 5.97 Å². The number of hydrogen-bond acceptors (Lipinski definition) is 4. The van der Waals surface area contributed by atoms with E-state index in [1.54, 1.807) is 30.3 Å². The molecule has 1 atom stereocenters. The van der Waals surface area contributed by atoms with Gasteiger partial charge in [0.25, 0.3) is 5.92 Å². The lowest BCUT2D eigenvalue weighted by molar-refractivity contribution is -0.222. The van der Waals surface area contributed by atoms with Crippen molar-refractivity contribution in [3.8, 4) is 0 Å². The molecule has 4 nitrogen and oxygen atoms in total. The number of carbonyl (C=O) groups is 1. The minimum Gasteiger partial charge on any atom is -0.387 e. The molecule has 0 radical (unpaired) electrons. The van der Waals surface area contributed by atoms with Gasteiger partial charge in [-0.25, -0.2) is 13.6 Å². The molecule has 1 unspecified atom stereocenters. The van der Waals surface area contributed by atoms with E-state index in [9.17, 15) is 13.6 Å². The zero-order valence-electron chi connectivity index (χ0n) is 9.55. The SMILES string of the molecule is O=C(ON1CCC(O)C(F)(F)C1)c1ccccc1. The van der Waals surface area contributed by atoms with Gasteiger partial charge in [0.15, 0.2) is 0 Å². The van der Waals surface area contributed by atoms with Gasteiger partial charge < -0.3 is 9.94 Å². The van der Waals surface area contributed by atoms with Crippen molar-refractivity contribution < 1.29 is 23.5 Å². The van der Waals surface area contributed by atoms with Crippen LogP contribution in [0.15, 0.2) is 30.3 Å². The molecule has 0 aromatic heterocycles. The minimum absolute atomic E-state index is 0.0926. The van der Waals surface area contributed by atoms with Crippen LogP contribution in [0.2, 0.25) is 0 Å². The first kappa shape index (κ1) is 12.9. The molecule has 0 spiro atoms. The maximum absolute atomic E-state index is 13.2. The highest BCUT2D eigenvalue weighted by atomic mass is 19.3. The molecule has 1 N–H and O–H groups in total. The summed E-state index contributed by atoms with van der Waals surface area (Å²) in [5, 5.41) is 9.98. The van der Waals surface area contributed by atoms with E-state index in [0.29, 0.717) is 5.56 Å². The number of rotatable bonds is 2. The van der Waals surface area contributed by atoms with Gasteiger partial charge in [-0.3, -0.25) is 0 Å². The molecule has 18 heavy (non-hydrogen) atoms. The molecule has 0 amide bonds. The zero-order chi connectivity index (χ0) is 13.2. The quantitative estimate of drug-likeness (QED) is 0.871. The Morgan fingerprint density at radius 3 is 2.67 bits per heavy atom. The highest BCUT2D eigenvalue weighted by Gasteiger charge is 2.45. The molecule has 6 heteroatoms. The lowest BCUT2D eigenvalue weighted by Crippen LogP contribution is -2.51. The third-order valence-electron chi connectivity index (χ3n) is 2.75. The van der Waals surface area contributed by atoms with Crippen LogP contribution >= 0.6 is 0 Å². The van der Waals surface area contributed by atoms with E-state index in [1.165, 1.54) is 0 Å². The fraction of sp³-hybridized carbons (Fsp3) is 0.417. The van der Waals surface area contributed by atoms with Gasteiger partial charge in [0, 0.05) is 6.54 Å². The number of aliphatic hydroxyl groups is 1. The topological polar surface area (TPSA) is 49.8 Å². The largest absolute Gasteiger partial charge is 0.387 e. The second-order valence-corrected chi connectivity index (χ2v) is 4.17. The van der Waals surface area contributed by atoms with Crippen LogP contribution in [0, 0.1) is 0 Å². The lowest BCUT2D eigenvalue weighted by Gasteiger charge is -2.34. The smallest absolute Gasteiger partial charge is 0.357 e. The Balaban J connectivity index is 1.97. The van der Waals surface area contributed by atoms with E-state index in [4.69, 9.17) is 9.94 Å². The monoisotopic (exact) mass is 257 g/mol. The summed E-state index contributed by atoms with van der Waals surface area (Å²) in [6.07, 6.45) is -1.81. The van der Waals surface area contributed by atoms with Crippen molar-refractivity contribution in [2.24, 2.45) is 0 Å². The normalized spacial score (nSPS) is 23.6. The van der Waals surface area contributed by atoms with Gasteiger partial charge in [-0.2, -0.15) is 0 Å². The van der Waals surface area contributed by atoms with Gasteiger partial charge in [-0.15, -0.1) is 5.06 Å². The Labute approximate surface area is 103 Å². The first-order valence-electron chi connectivity index (χ1n) is 5.57. The average Bonchev–Trinajstić information content (AvgIpc) is 2.34. The van der Waals surface area contributed by atoms with E-state index < -0.39 is 24.5 Å². The van der Waals surface area contributed by atoms with Crippen molar-refractivity contribution in [1.29, 1.82) is 0 Å². The number of aliphatic hydroxyl groups excluding tert-OH is 1. The number of benzene rings is 1. The molecular weight excluding hydrogens is 244 g/mol. The Hall–Kier alpha value is -1.53. The predicted octanol–water partition coefficient (Wildman–Crippen LogP) is 1.46. The summed E-state index contributed by atoms with van der Waals surface area (Å²) >= 11 is 0. The Bertz CT molecular complexity index is 425. The number of halogens is 2. The van der Waals surface area contributed by atoms with Crippen LogP contribution in [0.1, 0.15) is 16.8 Å². The third kappa shape index (κ3) is 2.83. The second kappa shape index (κ2) is 4.99. The summed E-state index contributed by atoms with van der Waals surface area (Å²) in [4.78, 5) is 16.5. The van der Waals surface area contributed by atoms with Gasteiger partial charge in [0.05, 0.1) is 5.56 Å². The van der Waals surface area contributed by atoms with Crippen molar-refractivity contribution in [2.45, 2.75) is 18.4 Å². The van der Waals surface area contributed by atoms with E-state index in [2.05, 4.69) is 0 Å². The molecule has 98 valence electrons. The van der Waals surface area contributed by atoms with Crippen molar-refractivity contribution in [1.82, 2.24) is 5.06 Å². The summed E-state index contributed by atoms with van der Waals surface area (Å²) in [7, 11) is 0. The van der Waals surface area contributed by atoms with Crippen molar-refractivity contribution in [3.63, 3.8) is 0 Å². The molecule has 1 aliphatic rings. The van der Waals surface area contributed by atoms with Crippen LogP contribution in [-0.2, 0) is 4.84 Å². The summed E-state index contributed by atoms with van der Waals surface area (Å²) in [5.74, 6) is -3.93. The standard InChI is InChI=1S/C12H13F2NO3/c13-12(14)8-15(7-6-10(12)16)18-11(17)9-4-2-1-3-5-9/h1-5,10,16H,6-8H2. The van der Waals surface area contributed by atoms with Crippen LogP contribution in [0.5, 0.6) is 0 Å². The van der Waals surface area contributed by atoms with Gasteiger partial charge >= 0.3 is 5.97 Å². The molecule has 0 saturated carbocycles. The minimum atomic E-state index is -3.25. The van der Waals surface area contributed by atoms with E-state index in [1.807, 2.05) is 0 Å². The summed E-state index contributed by atoms with van der Waals surface area (Å²) in [6.45, 7) is -0.692. The maximum atomic E-state index is 13.2.